The average molecular weight is 215 g/mol. The summed E-state index contributed by atoms with van der Waals surface area (Å²) in [5.74, 6) is -3.23. The van der Waals surface area contributed by atoms with E-state index >= 15 is 0 Å². The molecule has 0 aliphatic carbocycles. The summed E-state index contributed by atoms with van der Waals surface area (Å²) >= 11 is 0. The normalized spacial score (nSPS) is 12.5. The number of halogens is 2. The van der Waals surface area contributed by atoms with E-state index in [0.717, 1.165) is 6.07 Å². The van der Waals surface area contributed by atoms with E-state index in [1.54, 1.807) is 6.92 Å². The van der Waals surface area contributed by atoms with Crippen molar-refractivity contribution in [2.24, 2.45) is 5.73 Å². The highest BCUT2D eigenvalue weighted by molar-refractivity contribution is 5.67. The molecular formula is C10H11F2NO2. The van der Waals surface area contributed by atoms with Gasteiger partial charge >= 0.3 is 5.97 Å². The molecule has 1 aromatic carbocycles. The molecule has 0 bridgehead atoms. The first-order valence-corrected chi connectivity index (χ1v) is 4.34. The van der Waals surface area contributed by atoms with Crippen molar-refractivity contribution in [2.75, 3.05) is 0 Å². The lowest BCUT2D eigenvalue weighted by Crippen LogP contribution is -2.17. The van der Waals surface area contributed by atoms with Crippen LogP contribution in [0.3, 0.4) is 0 Å². The van der Waals surface area contributed by atoms with Gasteiger partial charge in [0.15, 0.2) is 11.6 Å². The van der Waals surface area contributed by atoms with Gasteiger partial charge < -0.3 is 10.8 Å². The van der Waals surface area contributed by atoms with Crippen molar-refractivity contribution in [3.63, 3.8) is 0 Å². The number of nitrogens with two attached hydrogens (primary N) is 1. The number of carboxylic acid groups (broad SMARTS) is 1. The maximum Gasteiger partial charge on any atom is 0.305 e. The van der Waals surface area contributed by atoms with E-state index in [1.807, 2.05) is 0 Å². The van der Waals surface area contributed by atoms with Crippen molar-refractivity contribution < 1.29 is 18.7 Å². The highest BCUT2D eigenvalue weighted by Crippen LogP contribution is 2.21. The highest BCUT2D eigenvalue weighted by Gasteiger charge is 2.18. The lowest BCUT2D eigenvalue weighted by molar-refractivity contribution is -0.137. The molecule has 1 atom stereocenters. The molecule has 1 aromatic rings. The van der Waals surface area contributed by atoms with Crippen LogP contribution in [-0.2, 0) is 4.79 Å². The van der Waals surface area contributed by atoms with Gasteiger partial charge in [0.2, 0.25) is 0 Å². The Hall–Kier alpha value is -1.49. The van der Waals surface area contributed by atoms with E-state index in [9.17, 15) is 13.6 Å². The number of aryl methyl sites for hydroxylation is 1. The van der Waals surface area contributed by atoms with Gasteiger partial charge in [-0.1, -0.05) is 6.07 Å². The van der Waals surface area contributed by atoms with Crippen LogP contribution in [0.25, 0.3) is 0 Å². The summed E-state index contributed by atoms with van der Waals surface area (Å²) in [7, 11) is 0. The van der Waals surface area contributed by atoms with Crippen LogP contribution in [-0.4, -0.2) is 11.1 Å². The molecule has 0 saturated heterocycles. The predicted octanol–water partition coefficient (Wildman–Crippen LogP) is 1.75. The fraction of sp³-hybridized carbons (Fsp3) is 0.300. The Kier molecular flexibility index (Phi) is 3.36. The number of hydrogen-bond acceptors (Lipinski definition) is 2. The van der Waals surface area contributed by atoms with E-state index < -0.39 is 30.1 Å². The molecular weight excluding hydrogens is 204 g/mol. The van der Waals surface area contributed by atoms with Gasteiger partial charge in [-0.05, 0) is 18.6 Å². The second-order valence-electron chi connectivity index (χ2n) is 3.35. The van der Waals surface area contributed by atoms with E-state index in [-0.39, 0.29) is 5.56 Å². The first-order valence-electron chi connectivity index (χ1n) is 4.34. The van der Waals surface area contributed by atoms with Gasteiger partial charge in [0.1, 0.15) is 0 Å². The van der Waals surface area contributed by atoms with Crippen LogP contribution < -0.4 is 5.73 Å². The standard InChI is InChI=1S/C10H11F2NO2/c1-5-2-6(8(13)4-9(14)15)10(12)7(11)3-5/h2-3,8H,4,13H2,1H3,(H,14,15). The molecule has 0 heterocycles. The first-order chi connectivity index (χ1) is 6.91. The summed E-state index contributed by atoms with van der Waals surface area (Å²) in [6.45, 7) is 1.58. The Morgan fingerprint density at radius 1 is 1.53 bits per heavy atom. The molecule has 0 saturated carbocycles. The third kappa shape index (κ3) is 2.73. The molecule has 0 fully saturated rings. The number of carbonyl (C=O) groups is 1. The summed E-state index contributed by atoms with van der Waals surface area (Å²) in [6.07, 6.45) is -0.431. The zero-order chi connectivity index (χ0) is 11.6. The molecule has 0 aromatic heterocycles. The Bertz CT molecular complexity index is 393. The lowest BCUT2D eigenvalue weighted by Gasteiger charge is -2.11. The molecule has 0 aliphatic heterocycles. The Morgan fingerprint density at radius 3 is 2.67 bits per heavy atom. The van der Waals surface area contributed by atoms with Crippen LogP contribution in [0.15, 0.2) is 12.1 Å². The molecule has 1 unspecified atom stereocenters. The van der Waals surface area contributed by atoms with Gasteiger partial charge in [-0.15, -0.1) is 0 Å². The van der Waals surface area contributed by atoms with Crippen LogP contribution in [0, 0.1) is 18.6 Å². The fourth-order valence-electron chi connectivity index (χ4n) is 1.32. The number of rotatable bonds is 3. The fourth-order valence-corrected chi connectivity index (χ4v) is 1.32. The van der Waals surface area contributed by atoms with E-state index in [0.29, 0.717) is 5.56 Å². The number of benzene rings is 1. The van der Waals surface area contributed by atoms with Gasteiger partial charge in [-0.2, -0.15) is 0 Å². The Morgan fingerprint density at radius 2 is 2.13 bits per heavy atom. The van der Waals surface area contributed by atoms with Crippen LogP contribution >= 0.6 is 0 Å². The summed E-state index contributed by atoms with van der Waals surface area (Å²) in [5.41, 5.74) is 5.85. The minimum atomic E-state index is -1.15. The van der Waals surface area contributed by atoms with Crippen molar-refractivity contribution in [3.05, 3.63) is 34.9 Å². The van der Waals surface area contributed by atoms with Crippen molar-refractivity contribution in [1.29, 1.82) is 0 Å². The number of hydrogen-bond donors (Lipinski definition) is 2. The molecule has 0 amide bonds. The molecule has 0 radical (unpaired) electrons. The second-order valence-corrected chi connectivity index (χ2v) is 3.35. The van der Waals surface area contributed by atoms with Crippen LogP contribution in [0.1, 0.15) is 23.6 Å². The van der Waals surface area contributed by atoms with E-state index in [4.69, 9.17) is 10.8 Å². The van der Waals surface area contributed by atoms with Gasteiger partial charge in [-0.25, -0.2) is 8.78 Å². The SMILES string of the molecule is Cc1cc(F)c(F)c(C(N)CC(=O)O)c1. The molecule has 0 aliphatic rings. The quantitative estimate of drug-likeness (QED) is 0.807. The Balaban J connectivity index is 3.07. The topological polar surface area (TPSA) is 63.3 Å². The molecule has 15 heavy (non-hydrogen) atoms. The zero-order valence-corrected chi connectivity index (χ0v) is 8.13. The average Bonchev–Trinajstić information content (AvgIpc) is 2.09. The molecule has 3 N–H and O–H groups in total. The summed E-state index contributed by atoms with van der Waals surface area (Å²) in [4.78, 5) is 10.4. The third-order valence-electron chi connectivity index (χ3n) is 1.99. The Labute approximate surface area is 85.5 Å². The smallest absolute Gasteiger partial charge is 0.305 e. The van der Waals surface area contributed by atoms with Crippen molar-refractivity contribution >= 4 is 5.97 Å². The number of aliphatic carboxylic acids is 1. The molecule has 82 valence electrons. The lowest BCUT2D eigenvalue weighted by atomic mass is 10.0. The largest absolute Gasteiger partial charge is 0.481 e. The maximum absolute atomic E-state index is 13.2. The third-order valence-corrected chi connectivity index (χ3v) is 1.99. The van der Waals surface area contributed by atoms with Crippen molar-refractivity contribution in [3.8, 4) is 0 Å². The number of carboxylic acids is 1. The second kappa shape index (κ2) is 4.35. The van der Waals surface area contributed by atoms with Crippen molar-refractivity contribution in [2.45, 2.75) is 19.4 Å². The van der Waals surface area contributed by atoms with Gasteiger partial charge in [-0.3, -0.25) is 4.79 Å². The van der Waals surface area contributed by atoms with Crippen LogP contribution in [0.2, 0.25) is 0 Å². The first kappa shape index (κ1) is 11.6. The van der Waals surface area contributed by atoms with Gasteiger partial charge in [0, 0.05) is 11.6 Å². The van der Waals surface area contributed by atoms with Crippen molar-refractivity contribution in [1.82, 2.24) is 0 Å². The van der Waals surface area contributed by atoms with Crippen LogP contribution in [0.5, 0.6) is 0 Å². The monoisotopic (exact) mass is 215 g/mol. The van der Waals surface area contributed by atoms with E-state index in [1.165, 1.54) is 6.07 Å². The molecule has 3 nitrogen and oxygen atoms in total. The zero-order valence-electron chi connectivity index (χ0n) is 8.13. The van der Waals surface area contributed by atoms with Gasteiger partial charge in [0.05, 0.1) is 6.42 Å². The summed E-state index contributed by atoms with van der Waals surface area (Å²) < 4.78 is 26.2. The highest BCUT2D eigenvalue weighted by atomic mass is 19.2. The minimum absolute atomic E-state index is 0.102. The van der Waals surface area contributed by atoms with Crippen LogP contribution in [0.4, 0.5) is 8.78 Å². The molecule has 1 rings (SSSR count). The summed E-state index contributed by atoms with van der Waals surface area (Å²) in [5, 5.41) is 8.48. The summed E-state index contributed by atoms with van der Waals surface area (Å²) in [6, 6.07) is 1.36. The van der Waals surface area contributed by atoms with E-state index in [2.05, 4.69) is 0 Å². The minimum Gasteiger partial charge on any atom is -0.481 e. The predicted molar refractivity (Wildman–Crippen MR) is 50.3 cm³/mol. The van der Waals surface area contributed by atoms with Gasteiger partial charge in [0.25, 0.3) is 0 Å². The molecule has 0 spiro atoms. The maximum atomic E-state index is 13.2. The molecule has 5 heteroatoms.